The largest absolute Gasteiger partial charge is 0.492 e. The monoisotopic (exact) mass is 316 g/mol. The first-order valence-corrected chi connectivity index (χ1v) is 6.85. The maximum absolute atomic E-state index is 12.9. The summed E-state index contributed by atoms with van der Waals surface area (Å²) in [4.78, 5) is 25.8. The molecule has 23 heavy (non-hydrogen) atoms. The second-order valence-electron chi connectivity index (χ2n) is 5.12. The fourth-order valence-corrected chi connectivity index (χ4v) is 3.06. The molecule has 0 fully saturated rings. The van der Waals surface area contributed by atoms with Gasteiger partial charge in [-0.25, -0.2) is 0 Å². The average molecular weight is 316 g/mol. The highest BCUT2D eigenvalue weighted by Crippen LogP contribution is 2.54. The van der Waals surface area contributed by atoms with Gasteiger partial charge in [-0.3, -0.25) is 9.59 Å². The highest BCUT2D eigenvalue weighted by molar-refractivity contribution is 6.31. The summed E-state index contributed by atoms with van der Waals surface area (Å²) in [7, 11) is 2.80. The normalized spacial score (nSPS) is 14.6. The van der Waals surface area contributed by atoms with Crippen LogP contribution in [0, 0.1) is 6.92 Å². The molecule has 7 nitrogen and oxygen atoms in total. The summed E-state index contributed by atoms with van der Waals surface area (Å²) in [5, 5.41) is 0. The molecule has 0 unspecified atom stereocenters. The van der Waals surface area contributed by atoms with E-state index in [4.69, 9.17) is 23.4 Å². The lowest BCUT2D eigenvalue weighted by molar-refractivity contribution is 0.0974. The van der Waals surface area contributed by atoms with Crippen LogP contribution in [0.25, 0.3) is 0 Å². The van der Waals surface area contributed by atoms with Crippen molar-refractivity contribution in [3.63, 3.8) is 0 Å². The minimum atomic E-state index is -0.375. The zero-order valence-electron chi connectivity index (χ0n) is 12.6. The van der Waals surface area contributed by atoms with E-state index in [9.17, 15) is 9.59 Å². The van der Waals surface area contributed by atoms with Gasteiger partial charge in [-0.2, -0.15) is 0 Å². The molecule has 1 aliphatic carbocycles. The second kappa shape index (κ2) is 4.52. The highest BCUT2D eigenvalue weighted by atomic mass is 16.7. The maximum atomic E-state index is 12.9. The third-order valence-corrected chi connectivity index (χ3v) is 4.04. The van der Waals surface area contributed by atoms with Crippen molar-refractivity contribution in [3.8, 4) is 23.0 Å². The number of ether oxygens (including phenoxy) is 4. The lowest BCUT2D eigenvalue weighted by Crippen LogP contribution is -2.22. The fraction of sp³-hybridized carbons (Fsp3) is 0.250. The van der Waals surface area contributed by atoms with Crippen LogP contribution in [0.15, 0.2) is 10.7 Å². The van der Waals surface area contributed by atoms with Crippen molar-refractivity contribution < 1.29 is 33.0 Å². The quantitative estimate of drug-likeness (QED) is 0.716. The van der Waals surface area contributed by atoms with Crippen LogP contribution in [0.2, 0.25) is 0 Å². The van der Waals surface area contributed by atoms with Gasteiger partial charge in [0.15, 0.2) is 11.5 Å². The summed E-state index contributed by atoms with van der Waals surface area (Å²) in [6.45, 7) is 1.59. The molecule has 0 radical (unpaired) electrons. The molecule has 2 aliphatic rings. The van der Waals surface area contributed by atoms with Gasteiger partial charge in [-0.05, 0) is 6.92 Å². The molecule has 0 atom stereocenters. The number of benzene rings is 1. The average Bonchev–Trinajstić information content (AvgIpc) is 3.17. The Hall–Kier alpha value is -2.96. The number of carbonyl (C=O) groups is 2. The van der Waals surface area contributed by atoms with E-state index in [2.05, 4.69) is 0 Å². The molecule has 2 heterocycles. The van der Waals surface area contributed by atoms with Crippen molar-refractivity contribution in [1.29, 1.82) is 0 Å². The number of aryl methyl sites for hydroxylation is 1. The van der Waals surface area contributed by atoms with Gasteiger partial charge >= 0.3 is 0 Å². The molecule has 7 heteroatoms. The SMILES string of the molecule is COc1c2c(c(OC)c3c1C(=O)c1coc(C)c1C3=O)OCO2. The molecule has 1 aromatic carbocycles. The van der Waals surface area contributed by atoms with Gasteiger partial charge in [0.2, 0.25) is 29.9 Å². The van der Waals surface area contributed by atoms with E-state index in [1.165, 1.54) is 20.5 Å². The van der Waals surface area contributed by atoms with E-state index in [0.29, 0.717) is 5.76 Å². The third kappa shape index (κ3) is 1.53. The molecule has 0 saturated heterocycles. The zero-order chi connectivity index (χ0) is 16.3. The van der Waals surface area contributed by atoms with Gasteiger partial charge in [0.1, 0.15) is 12.0 Å². The molecular formula is C16H12O7. The molecule has 0 saturated carbocycles. The number of fused-ring (bicyclic) bond motifs is 3. The van der Waals surface area contributed by atoms with Crippen LogP contribution in [-0.4, -0.2) is 32.6 Å². The Morgan fingerprint density at radius 2 is 1.48 bits per heavy atom. The van der Waals surface area contributed by atoms with Gasteiger partial charge in [-0.1, -0.05) is 0 Å². The van der Waals surface area contributed by atoms with E-state index < -0.39 is 0 Å². The van der Waals surface area contributed by atoms with E-state index in [1.807, 2.05) is 0 Å². The number of furan rings is 1. The Morgan fingerprint density at radius 1 is 0.913 bits per heavy atom. The minimum Gasteiger partial charge on any atom is -0.492 e. The Labute approximate surface area is 130 Å². The summed E-state index contributed by atoms with van der Waals surface area (Å²) in [5.74, 6) is 0.479. The van der Waals surface area contributed by atoms with Crippen molar-refractivity contribution in [2.45, 2.75) is 6.92 Å². The Balaban J connectivity index is 2.13. The van der Waals surface area contributed by atoms with E-state index in [0.717, 1.165) is 0 Å². The number of hydrogen-bond donors (Lipinski definition) is 0. The van der Waals surface area contributed by atoms with Crippen LogP contribution >= 0.6 is 0 Å². The smallest absolute Gasteiger partial charge is 0.231 e. The first-order chi connectivity index (χ1) is 11.1. The van der Waals surface area contributed by atoms with Crippen molar-refractivity contribution in [2.75, 3.05) is 21.0 Å². The van der Waals surface area contributed by atoms with Gasteiger partial charge < -0.3 is 23.4 Å². The van der Waals surface area contributed by atoms with E-state index in [-0.39, 0.29) is 63.6 Å². The lowest BCUT2D eigenvalue weighted by Gasteiger charge is -2.21. The van der Waals surface area contributed by atoms with Crippen molar-refractivity contribution >= 4 is 11.6 Å². The first kappa shape index (κ1) is 13.7. The number of methoxy groups -OCH3 is 2. The summed E-state index contributed by atoms with van der Waals surface area (Å²) in [6, 6.07) is 0. The summed E-state index contributed by atoms with van der Waals surface area (Å²) >= 11 is 0. The molecule has 2 aromatic rings. The molecule has 4 rings (SSSR count). The van der Waals surface area contributed by atoms with Crippen molar-refractivity contribution in [2.24, 2.45) is 0 Å². The van der Waals surface area contributed by atoms with Gasteiger partial charge in [0.05, 0.1) is 36.5 Å². The van der Waals surface area contributed by atoms with Gasteiger partial charge in [-0.15, -0.1) is 0 Å². The molecule has 1 aromatic heterocycles. The number of carbonyl (C=O) groups excluding carboxylic acids is 2. The van der Waals surface area contributed by atoms with E-state index >= 15 is 0 Å². The molecular weight excluding hydrogens is 304 g/mol. The molecule has 118 valence electrons. The van der Waals surface area contributed by atoms with Crippen LogP contribution in [0.5, 0.6) is 23.0 Å². The summed E-state index contributed by atoms with van der Waals surface area (Å²) < 4.78 is 26.7. The minimum absolute atomic E-state index is 0.0408. The van der Waals surface area contributed by atoms with Crippen LogP contribution in [0.1, 0.15) is 37.6 Å². The molecule has 0 N–H and O–H groups in total. The molecule has 0 amide bonds. The van der Waals surface area contributed by atoms with Crippen molar-refractivity contribution in [3.05, 3.63) is 34.3 Å². The van der Waals surface area contributed by atoms with Crippen LogP contribution in [-0.2, 0) is 0 Å². The topological polar surface area (TPSA) is 84.2 Å². The predicted molar refractivity (Wildman–Crippen MR) is 76.0 cm³/mol. The van der Waals surface area contributed by atoms with Crippen LogP contribution in [0.3, 0.4) is 0 Å². The van der Waals surface area contributed by atoms with Crippen LogP contribution < -0.4 is 18.9 Å². The fourth-order valence-electron chi connectivity index (χ4n) is 3.06. The molecule has 0 spiro atoms. The molecule has 1 aliphatic heterocycles. The standard InChI is InChI=1S/C16H12O7/c1-6-8-7(4-21-6)11(17)9-10(12(8)18)14(20-3)16-15(13(9)19-2)22-5-23-16/h4H,5H2,1-3H3. The summed E-state index contributed by atoms with van der Waals surface area (Å²) in [6.07, 6.45) is 1.28. The highest BCUT2D eigenvalue weighted by Gasteiger charge is 2.43. The van der Waals surface area contributed by atoms with Gasteiger partial charge in [0, 0.05) is 0 Å². The van der Waals surface area contributed by atoms with Crippen molar-refractivity contribution in [1.82, 2.24) is 0 Å². The Kier molecular flexibility index (Phi) is 2.69. The predicted octanol–water partition coefficient (Wildman–Crippen LogP) is 2.11. The first-order valence-electron chi connectivity index (χ1n) is 6.85. The number of rotatable bonds is 2. The van der Waals surface area contributed by atoms with Crippen LogP contribution in [0.4, 0.5) is 0 Å². The maximum Gasteiger partial charge on any atom is 0.231 e. The third-order valence-electron chi connectivity index (χ3n) is 4.04. The number of ketones is 2. The zero-order valence-corrected chi connectivity index (χ0v) is 12.6. The molecule has 0 bridgehead atoms. The second-order valence-corrected chi connectivity index (χ2v) is 5.12. The summed E-state index contributed by atoms with van der Waals surface area (Å²) in [5.41, 5.74) is 0.656. The number of hydrogen-bond acceptors (Lipinski definition) is 7. The van der Waals surface area contributed by atoms with Gasteiger partial charge in [0.25, 0.3) is 0 Å². The lowest BCUT2D eigenvalue weighted by atomic mass is 9.83. The Morgan fingerprint density at radius 3 is 2.04 bits per heavy atom. The van der Waals surface area contributed by atoms with E-state index in [1.54, 1.807) is 6.92 Å². The Bertz CT molecular complexity index is 875.